The second kappa shape index (κ2) is 3.95. The highest BCUT2D eigenvalue weighted by Crippen LogP contribution is 2.18. The van der Waals surface area contributed by atoms with Gasteiger partial charge in [-0.05, 0) is 18.2 Å². The summed E-state index contributed by atoms with van der Waals surface area (Å²) in [6, 6.07) is 3.93. The normalized spacial score (nSPS) is 9.86. The second-order valence-electron chi connectivity index (χ2n) is 2.99. The number of carboxylic acid groups (broad SMARTS) is 1. The van der Waals surface area contributed by atoms with E-state index in [2.05, 4.69) is 0 Å². The lowest BCUT2D eigenvalue weighted by molar-refractivity contribution is -0.135. The topological polar surface area (TPSA) is 66.6 Å². The molecule has 5 heteroatoms. The van der Waals surface area contributed by atoms with Crippen molar-refractivity contribution in [3.63, 3.8) is 0 Å². The molecule has 0 fully saturated rings. The van der Waals surface area contributed by atoms with Crippen LogP contribution in [-0.2, 0) is 4.79 Å². The Morgan fingerprint density at radius 2 is 2.21 bits per heavy atom. The molecule has 4 nitrogen and oxygen atoms in total. The number of rotatable bonds is 3. The predicted molar refractivity (Wildman–Crippen MR) is 51.7 cm³/mol. The number of carboxylic acids is 1. The summed E-state index contributed by atoms with van der Waals surface area (Å²) >= 11 is 0. The largest absolute Gasteiger partial charge is 0.480 e. The molecule has 0 heterocycles. The first-order chi connectivity index (χ1) is 6.49. The van der Waals surface area contributed by atoms with E-state index in [9.17, 15) is 9.18 Å². The van der Waals surface area contributed by atoms with Crippen LogP contribution in [0.3, 0.4) is 0 Å². The summed E-state index contributed by atoms with van der Waals surface area (Å²) in [5.74, 6) is -1.45. The highest BCUT2D eigenvalue weighted by molar-refractivity contribution is 5.74. The number of hydrogen-bond acceptors (Lipinski definition) is 3. The number of anilines is 2. The molecule has 0 radical (unpaired) electrons. The molecule has 0 unspecified atom stereocenters. The van der Waals surface area contributed by atoms with E-state index in [1.807, 2.05) is 0 Å². The maximum Gasteiger partial charge on any atom is 0.323 e. The van der Waals surface area contributed by atoms with Gasteiger partial charge in [-0.3, -0.25) is 4.79 Å². The quantitative estimate of drug-likeness (QED) is 0.709. The van der Waals surface area contributed by atoms with Crippen LogP contribution in [-0.4, -0.2) is 24.7 Å². The van der Waals surface area contributed by atoms with Gasteiger partial charge in [-0.1, -0.05) is 0 Å². The molecule has 0 aliphatic heterocycles. The molecule has 76 valence electrons. The number of nitrogen functional groups attached to an aromatic ring is 1. The number of nitrogens with two attached hydrogens (primary N) is 1. The van der Waals surface area contributed by atoms with Crippen molar-refractivity contribution in [3.05, 3.63) is 24.0 Å². The number of aliphatic carboxylic acids is 1. The molecule has 1 aromatic rings. The third-order valence-corrected chi connectivity index (χ3v) is 1.72. The van der Waals surface area contributed by atoms with Crippen molar-refractivity contribution in [1.82, 2.24) is 0 Å². The SMILES string of the molecule is CN(CC(=O)O)c1cc(N)cc(F)c1. The maximum atomic E-state index is 12.9. The van der Waals surface area contributed by atoms with Crippen LogP contribution in [0.25, 0.3) is 0 Å². The van der Waals surface area contributed by atoms with Crippen LogP contribution in [0.1, 0.15) is 0 Å². The summed E-state index contributed by atoms with van der Waals surface area (Å²) in [7, 11) is 1.56. The van der Waals surface area contributed by atoms with Gasteiger partial charge in [-0.25, -0.2) is 4.39 Å². The van der Waals surface area contributed by atoms with Gasteiger partial charge in [0.2, 0.25) is 0 Å². The Bertz CT molecular complexity index is 334. The van der Waals surface area contributed by atoms with E-state index >= 15 is 0 Å². The van der Waals surface area contributed by atoms with Crippen LogP contribution in [0.15, 0.2) is 18.2 Å². The average Bonchev–Trinajstić information content (AvgIpc) is 2.00. The zero-order chi connectivity index (χ0) is 10.7. The van der Waals surface area contributed by atoms with Crippen LogP contribution in [0.5, 0.6) is 0 Å². The molecule has 3 N–H and O–H groups in total. The summed E-state index contributed by atoms with van der Waals surface area (Å²) in [6.07, 6.45) is 0. The third kappa shape index (κ3) is 2.62. The number of likely N-dealkylation sites (N-methyl/N-ethyl adjacent to an activating group) is 1. The Hall–Kier alpha value is -1.78. The Kier molecular flexibility index (Phi) is 2.91. The molecule has 0 amide bonds. The molecule has 0 aliphatic carbocycles. The van der Waals surface area contributed by atoms with Crippen LogP contribution in [0.2, 0.25) is 0 Å². The summed E-state index contributed by atoms with van der Waals surface area (Å²) < 4.78 is 12.9. The van der Waals surface area contributed by atoms with Crippen molar-refractivity contribution in [2.24, 2.45) is 0 Å². The van der Waals surface area contributed by atoms with Crippen molar-refractivity contribution in [2.45, 2.75) is 0 Å². The van der Waals surface area contributed by atoms with Crippen LogP contribution in [0.4, 0.5) is 15.8 Å². The molecule has 0 atom stereocenters. The summed E-state index contributed by atoms with van der Waals surface area (Å²) in [5, 5.41) is 8.52. The molecule has 0 saturated heterocycles. The fourth-order valence-electron chi connectivity index (χ4n) is 1.11. The molecular weight excluding hydrogens is 187 g/mol. The Balaban J connectivity index is 2.89. The molecule has 1 rings (SSSR count). The standard InChI is InChI=1S/C9H11FN2O2/c1-12(5-9(13)14)8-3-6(10)2-7(11)4-8/h2-4H,5,11H2,1H3,(H,13,14). The predicted octanol–water partition coefficient (Wildman–Crippen LogP) is 0.929. The van der Waals surface area contributed by atoms with Gasteiger partial charge in [-0.2, -0.15) is 0 Å². The number of carbonyl (C=O) groups is 1. The molecule has 0 bridgehead atoms. The average molecular weight is 198 g/mol. The van der Waals surface area contributed by atoms with Gasteiger partial charge in [-0.15, -0.1) is 0 Å². The maximum absolute atomic E-state index is 12.9. The minimum absolute atomic E-state index is 0.192. The number of nitrogens with zero attached hydrogens (tertiary/aromatic N) is 1. The first-order valence-corrected chi connectivity index (χ1v) is 3.98. The van der Waals surface area contributed by atoms with E-state index in [1.54, 1.807) is 7.05 Å². The van der Waals surface area contributed by atoms with Crippen molar-refractivity contribution in [3.8, 4) is 0 Å². The lowest BCUT2D eigenvalue weighted by atomic mass is 10.2. The van der Waals surface area contributed by atoms with E-state index < -0.39 is 11.8 Å². The van der Waals surface area contributed by atoms with Gasteiger partial charge in [0.15, 0.2) is 0 Å². The van der Waals surface area contributed by atoms with Crippen molar-refractivity contribution in [2.75, 3.05) is 24.2 Å². The van der Waals surface area contributed by atoms with E-state index in [-0.39, 0.29) is 12.2 Å². The number of hydrogen-bond donors (Lipinski definition) is 2. The van der Waals surface area contributed by atoms with Gasteiger partial charge in [0.1, 0.15) is 12.4 Å². The second-order valence-corrected chi connectivity index (χ2v) is 2.99. The first-order valence-electron chi connectivity index (χ1n) is 3.98. The van der Waals surface area contributed by atoms with Gasteiger partial charge in [0.25, 0.3) is 0 Å². The molecule has 0 aromatic heterocycles. The number of benzene rings is 1. The molecule has 0 aliphatic rings. The fourth-order valence-corrected chi connectivity index (χ4v) is 1.11. The molecule has 0 saturated carbocycles. The fraction of sp³-hybridized carbons (Fsp3) is 0.222. The van der Waals surface area contributed by atoms with Gasteiger partial charge in [0, 0.05) is 18.4 Å². The van der Waals surface area contributed by atoms with Crippen LogP contribution in [0, 0.1) is 5.82 Å². The van der Waals surface area contributed by atoms with E-state index in [1.165, 1.54) is 23.1 Å². The lowest BCUT2D eigenvalue weighted by Gasteiger charge is -2.16. The Morgan fingerprint density at radius 1 is 1.57 bits per heavy atom. The molecular formula is C9H11FN2O2. The summed E-state index contributed by atoms with van der Waals surface area (Å²) in [4.78, 5) is 11.8. The van der Waals surface area contributed by atoms with Crippen molar-refractivity contribution >= 4 is 17.3 Å². The smallest absolute Gasteiger partial charge is 0.323 e. The summed E-state index contributed by atoms with van der Waals surface area (Å²) in [6.45, 7) is -0.192. The molecule has 14 heavy (non-hydrogen) atoms. The monoisotopic (exact) mass is 198 g/mol. The van der Waals surface area contributed by atoms with Crippen LogP contribution < -0.4 is 10.6 Å². The zero-order valence-corrected chi connectivity index (χ0v) is 7.70. The Morgan fingerprint density at radius 3 is 2.71 bits per heavy atom. The van der Waals surface area contributed by atoms with Gasteiger partial charge < -0.3 is 15.7 Å². The highest BCUT2D eigenvalue weighted by atomic mass is 19.1. The van der Waals surface area contributed by atoms with Crippen molar-refractivity contribution < 1.29 is 14.3 Å². The first kappa shape index (κ1) is 10.3. The minimum Gasteiger partial charge on any atom is -0.480 e. The van der Waals surface area contributed by atoms with E-state index in [0.717, 1.165) is 0 Å². The van der Waals surface area contributed by atoms with Gasteiger partial charge in [0.05, 0.1) is 0 Å². The van der Waals surface area contributed by atoms with Gasteiger partial charge >= 0.3 is 5.97 Å². The van der Waals surface area contributed by atoms with Crippen LogP contribution >= 0.6 is 0 Å². The molecule has 1 aromatic carbocycles. The van der Waals surface area contributed by atoms with E-state index in [0.29, 0.717) is 5.69 Å². The molecule has 0 spiro atoms. The minimum atomic E-state index is -0.977. The number of halogens is 1. The lowest BCUT2D eigenvalue weighted by Crippen LogP contribution is -2.25. The van der Waals surface area contributed by atoms with E-state index in [4.69, 9.17) is 10.8 Å². The highest BCUT2D eigenvalue weighted by Gasteiger charge is 2.07. The van der Waals surface area contributed by atoms with Crippen molar-refractivity contribution in [1.29, 1.82) is 0 Å². The summed E-state index contributed by atoms with van der Waals surface area (Å²) in [5.41, 5.74) is 6.14. The zero-order valence-electron chi connectivity index (χ0n) is 7.70. The Labute approximate surface area is 80.7 Å². The third-order valence-electron chi connectivity index (χ3n) is 1.72.